The molecule has 1 aromatic heterocycles. The van der Waals surface area contributed by atoms with Crippen LogP contribution in [0.2, 0.25) is 0 Å². The summed E-state index contributed by atoms with van der Waals surface area (Å²) in [5.74, 6) is 1.77. The Kier molecular flexibility index (Phi) is 5.10. The van der Waals surface area contributed by atoms with Gasteiger partial charge in [-0.3, -0.25) is 4.90 Å². The summed E-state index contributed by atoms with van der Waals surface area (Å²) in [5, 5.41) is 6.84. The summed E-state index contributed by atoms with van der Waals surface area (Å²) in [7, 11) is 3.99. The van der Waals surface area contributed by atoms with Gasteiger partial charge in [0, 0.05) is 75.0 Å². The van der Waals surface area contributed by atoms with Gasteiger partial charge >= 0.3 is 6.03 Å². The van der Waals surface area contributed by atoms with Gasteiger partial charge in [-0.05, 0) is 50.1 Å². The van der Waals surface area contributed by atoms with Crippen molar-refractivity contribution in [1.29, 1.82) is 0 Å². The molecule has 2 N–H and O–H groups in total. The molecule has 1 aliphatic carbocycles. The van der Waals surface area contributed by atoms with Crippen LogP contribution in [0.3, 0.4) is 0 Å². The second-order valence-electron chi connectivity index (χ2n) is 9.88. The normalized spacial score (nSPS) is 27.3. The standard InChI is InChI=1S/C24H32N8O/c1-29-7-9-31(10-8-29)20-5-3-18(4-6-20)27-23-26-14-17-15-32(24(33)30(2)22(17)28-23)21-12-19-11-16(21)13-25-19/h3-6,14,16,19,21,25H,7-13,15H2,1-2H3,(H,26,27,28). The van der Waals surface area contributed by atoms with Gasteiger partial charge in [0.15, 0.2) is 0 Å². The van der Waals surface area contributed by atoms with Gasteiger partial charge in [-0.1, -0.05) is 0 Å². The zero-order valence-corrected chi connectivity index (χ0v) is 19.4. The lowest BCUT2D eigenvalue weighted by molar-refractivity contribution is 0.149. The summed E-state index contributed by atoms with van der Waals surface area (Å²) in [6.45, 7) is 5.88. The molecule has 4 heterocycles. The van der Waals surface area contributed by atoms with Crippen LogP contribution in [0.5, 0.6) is 0 Å². The van der Waals surface area contributed by atoms with Crippen molar-refractivity contribution in [3.8, 4) is 0 Å². The number of carbonyl (C=O) groups is 1. The van der Waals surface area contributed by atoms with E-state index < -0.39 is 0 Å². The number of piperidine rings is 1. The van der Waals surface area contributed by atoms with E-state index in [1.165, 1.54) is 12.1 Å². The van der Waals surface area contributed by atoms with E-state index in [0.717, 1.165) is 50.4 Å². The van der Waals surface area contributed by atoms with Crippen molar-refractivity contribution in [3.63, 3.8) is 0 Å². The summed E-state index contributed by atoms with van der Waals surface area (Å²) in [6, 6.07) is 9.34. The van der Waals surface area contributed by atoms with Crippen LogP contribution < -0.4 is 20.4 Å². The number of nitrogens with zero attached hydrogens (tertiary/aromatic N) is 6. The van der Waals surface area contributed by atoms with Crippen molar-refractivity contribution in [2.24, 2.45) is 5.92 Å². The average Bonchev–Trinajstić information content (AvgIpc) is 3.47. The monoisotopic (exact) mass is 448 g/mol. The lowest BCUT2D eigenvalue weighted by Crippen LogP contribution is -2.53. The van der Waals surface area contributed by atoms with Gasteiger partial charge in [-0.2, -0.15) is 4.98 Å². The number of nitrogens with one attached hydrogen (secondary N) is 2. The molecular weight excluding hydrogens is 416 g/mol. The number of benzene rings is 1. The SMILES string of the molecule is CN1CCN(c2ccc(Nc3ncc4c(n3)N(C)C(=O)N(C3CC5CC3CN5)C4)cc2)CC1. The average molecular weight is 449 g/mol. The highest BCUT2D eigenvalue weighted by Gasteiger charge is 2.46. The van der Waals surface area contributed by atoms with E-state index >= 15 is 0 Å². The Morgan fingerprint density at radius 1 is 1.06 bits per heavy atom. The molecule has 2 bridgehead atoms. The number of hydrogen-bond donors (Lipinski definition) is 2. The van der Waals surface area contributed by atoms with Gasteiger partial charge in [-0.15, -0.1) is 0 Å². The van der Waals surface area contributed by atoms with E-state index in [1.807, 2.05) is 18.1 Å². The zero-order valence-electron chi connectivity index (χ0n) is 19.4. The number of fused-ring (bicyclic) bond motifs is 3. The van der Waals surface area contributed by atoms with E-state index in [4.69, 9.17) is 4.98 Å². The van der Waals surface area contributed by atoms with Gasteiger partial charge < -0.3 is 25.3 Å². The number of piperazine rings is 1. The van der Waals surface area contributed by atoms with E-state index in [1.54, 1.807) is 4.90 Å². The highest BCUT2D eigenvalue weighted by molar-refractivity contribution is 5.93. The highest BCUT2D eigenvalue weighted by atomic mass is 16.2. The molecule has 0 spiro atoms. The van der Waals surface area contributed by atoms with Crippen LogP contribution in [0, 0.1) is 5.92 Å². The van der Waals surface area contributed by atoms with Gasteiger partial charge in [-0.25, -0.2) is 9.78 Å². The third-order valence-electron chi connectivity index (χ3n) is 7.75. The van der Waals surface area contributed by atoms with Crippen molar-refractivity contribution >= 4 is 29.2 Å². The van der Waals surface area contributed by atoms with E-state index in [-0.39, 0.29) is 6.03 Å². The molecule has 3 unspecified atom stereocenters. The molecule has 9 heteroatoms. The zero-order chi connectivity index (χ0) is 22.5. The molecule has 2 aromatic rings. The number of urea groups is 1. The summed E-state index contributed by atoms with van der Waals surface area (Å²) in [5.41, 5.74) is 3.18. The fraction of sp³-hybridized carbons (Fsp3) is 0.542. The van der Waals surface area contributed by atoms with E-state index in [9.17, 15) is 4.79 Å². The fourth-order valence-corrected chi connectivity index (χ4v) is 5.79. The van der Waals surface area contributed by atoms with Crippen LogP contribution in [-0.2, 0) is 6.54 Å². The largest absolute Gasteiger partial charge is 0.369 e. The molecule has 1 aromatic carbocycles. The van der Waals surface area contributed by atoms with E-state index in [0.29, 0.717) is 36.3 Å². The van der Waals surface area contributed by atoms with Crippen LogP contribution in [0.1, 0.15) is 18.4 Å². The summed E-state index contributed by atoms with van der Waals surface area (Å²) in [4.78, 5) is 30.9. The van der Waals surface area contributed by atoms with Crippen LogP contribution >= 0.6 is 0 Å². The molecule has 2 saturated heterocycles. The van der Waals surface area contributed by atoms with Crippen LogP contribution in [0.15, 0.2) is 30.5 Å². The Hall–Kier alpha value is -2.91. The molecule has 3 aliphatic heterocycles. The molecule has 3 fully saturated rings. The lowest BCUT2D eigenvalue weighted by Gasteiger charge is -2.40. The van der Waals surface area contributed by atoms with Crippen molar-refractivity contribution in [2.75, 3.05) is 61.9 Å². The molecule has 4 aliphatic rings. The molecule has 33 heavy (non-hydrogen) atoms. The molecule has 2 amide bonds. The maximum Gasteiger partial charge on any atom is 0.325 e. The molecule has 6 rings (SSSR count). The number of hydrogen-bond acceptors (Lipinski definition) is 7. The number of carbonyl (C=O) groups excluding carboxylic acids is 1. The molecule has 174 valence electrons. The minimum Gasteiger partial charge on any atom is -0.369 e. The third-order valence-corrected chi connectivity index (χ3v) is 7.75. The molecule has 1 saturated carbocycles. The first-order valence-electron chi connectivity index (χ1n) is 12.0. The topological polar surface area (TPSA) is 79.9 Å². The first-order valence-corrected chi connectivity index (χ1v) is 12.0. The van der Waals surface area contributed by atoms with Crippen LogP contribution in [0.4, 0.5) is 27.9 Å². The number of likely N-dealkylation sites (N-methyl/N-ethyl adjacent to an activating group) is 1. The van der Waals surface area contributed by atoms with Crippen LogP contribution in [0.25, 0.3) is 0 Å². The molecular formula is C24H32N8O. The molecule has 3 atom stereocenters. The Morgan fingerprint density at radius 3 is 2.55 bits per heavy atom. The Morgan fingerprint density at radius 2 is 1.85 bits per heavy atom. The molecule has 0 radical (unpaired) electrons. The van der Waals surface area contributed by atoms with Crippen molar-refractivity contribution in [2.45, 2.75) is 31.5 Å². The Balaban J connectivity index is 1.15. The Bertz CT molecular complexity index is 1040. The van der Waals surface area contributed by atoms with Gasteiger partial charge in [0.25, 0.3) is 0 Å². The van der Waals surface area contributed by atoms with E-state index in [2.05, 4.69) is 56.7 Å². The number of amides is 2. The Labute approximate surface area is 194 Å². The first-order chi connectivity index (χ1) is 16.0. The summed E-state index contributed by atoms with van der Waals surface area (Å²) < 4.78 is 0. The molecule has 9 nitrogen and oxygen atoms in total. The number of anilines is 4. The van der Waals surface area contributed by atoms with Crippen molar-refractivity contribution < 1.29 is 4.79 Å². The smallest absolute Gasteiger partial charge is 0.325 e. The summed E-state index contributed by atoms with van der Waals surface area (Å²) >= 11 is 0. The number of rotatable bonds is 4. The van der Waals surface area contributed by atoms with Gasteiger partial charge in [0.2, 0.25) is 5.95 Å². The highest BCUT2D eigenvalue weighted by Crippen LogP contribution is 2.38. The lowest BCUT2D eigenvalue weighted by atomic mass is 10.0. The maximum absolute atomic E-state index is 13.2. The number of aromatic nitrogens is 2. The second-order valence-corrected chi connectivity index (χ2v) is 9.88. The maximum atomic E-state index is 13.2. The van der Waals surface area contributed by atoms with Gasteiger partial charge in [0.1, 0.15) is 5.82 Å². The minimum atomic E-state index is 0.0428. The quantitative estimate of drug-likeness (QED) is 0.741. The predicted octanol–water partition coefficient (Wildman–Crippen LogP) is 2.09. The first kappa shape index (κ1) is 20.7. The summed E-state index contributed by atoms with van der Waals surface area (Å²) in [6.07, 6.45) is 4.09. The van der Waals surface area contributed by atoms with Crippen molar-refractivity contribution in [1.82, 2.24) is 25.1 Å². The van der Waals surface area contributed by atoms with Crippen molar-refractivity contribution in [3.05, 3.63) is 36.0 Å². The predicted molar refractivity (Wildman–Crippen MR) is 129 cm³/mol. The fourth-order valence-electron chi connectivity index (χ4n) is 5.79. The minimum absolute atomic E-state index is 0.0428. The third kappa shape index (κ3) is 3.79. The van der Waals surface area contributed by atoms with Crippen LogP contribution in [-0.4, -0.2) is 84.7 Å². The van der Waals surface area contributed by atoms with Gasteiger partial charge in [0.05, 0.1) is 6.54 Å². The second kappa shape index (κ2) is 8.14.